The molecule has 0 nitrogen and oxygen atoms in total. The van der Waals surface area contributed by atoms with Crippen molar-refractivity contribution in [2.45, 2.75) is 37.4 Å². The maximum atomic E-state index is 5.28. The average molecular weight is 154 g/mol. The Labute approximate surface area is 68.8 Å². The van der Waals surface area contributed by atoms with E-state index in [4.69, 9.17) is 6.42 Å². The lowest BCUT2D eigenvalue weighted by molar-refractivity contribution is 0.372. The first-order valence-corrected chi connectivity index (χ1v) is 4.50. The summed E-state index contributed by atoms with van der Waals surface area (Å²) in [4.78, 5) is 0. The van der Waals surface area contributed by atoms with Gasteiger partial charge in [0.25, 0.3) is 0 Å². The predicted octanol–water partition coefficient (Wildman–Crippen LogP) is 2.50. The van der Waals surface area contributed by atoms with E-state index in [9.17, 15) is 0 Å². The van der Waals surface area contributed by atoms with Gasteiger partial charge in [0, 0.05) is 0 Å². The maximum Gasteiger partial charge on any atom is 0.0652 e. The van der Waals surface area contributed by atoms with Crippen LogP contribution in [0.2, 0.25) is 0 Å². The van der Waals surface area contributed by atoms with Gasteiger partial charge in [0.1, 0.15) is 0 Å². The quantitative estimate of drug-likeness (QED) is 0.435. The van der Waals surface area contributed by atoms with E-state index in [1.165, 1.54) is 32.1 Å². The normalized spacial score (nSPS) is 23.6. The highest BCUT2D eigenvalue weighted by molar-refractivity contribution is 7.81. The van der Waals surface area contributed by atoms with Crippen molar-refractivity contribution in [2.75, 3.05) is 0 Å². The van der Waals surface area contributed by atoms with Crippen LogP contribution in [0.3, 0.4) is 0 Å². The zero-order chi connectivity index (χ0) is 7.40. The molecule has 1 aliphatic carbocycles. The van der Waals surface area contributed by atoms with Gasteiger partial charge in [-0.1, -0.05) is 25.2 Å². The highest BCUT2D eigenvalue weighted by Crippen LogP contribution is 2.28. The lowest BCUT2D eigenvalue weighted by atomic mass is 9.87. The predicted molar refractivity (Wildman–Crippen MR) is 48.2 cm³/mol. The minimum absolute atomic E-state index is 0.209. The molecular formula is C9H14S. The summed E-state index contributed by atoms with van der Waals surface area (Å²) >= 11 is 4.34. The summed E-state index contributed by atoms with van der Waals surface area (Å²) in [6, 6.07) is 0. The second-order valence-corrected chi connectivity index (χ2v) is 3.57. The van der Waals surface area contributed by atoms with E-state index < -0.39 is 0 Å². The van der Waals surface area contributed by atoms with Gasteiger partial charge in [-0.25, -0.2) is 0 Å². The summed E-state index contributed by atoms with van der Waals surface area (Å²) in [5, 5.41) is 0.209. The number of thiol groups is 1. The minimum Gasteiger partial charge on any atom is -0.162 e. The van der Waals surface area contributed by atoms with Crippen molar-refractivity contribution in [3.63, 3.8) is 0 Å². The van der Waals surface area contributed by atoms with Crippen LogP contribution in [0.25, 0.3) is 0 Å². The Morgan fingerprint density at radius 2 is 1.90 bits per heavy atom. The molecule has 56 valence electrons. The first-order chi connectivity index (χ1) is 4.84. The van der Waals surface area contributed by atoms with Crippen molar-refractivity contribution in [3.8, 4) is 12.3 Å². The third-order valence-electron chi connectivity index (χ3n) is 2.27. The van der Waals surface area contributed by atoms with Gasteiger partial charge in [-0.05, 0) is 18.8 Å². The Morgan fingerprint density at radius 3 is 2.40 bits per heavy atom. The summed E-state index contributed by atoms with van der Waals surface area (Å²) in [6.45, 7) is 0. The molecule has 10 heavy (non-hydrogen) atoms. The fraction of sp³-hybridized carbons (Fsp3) is 0.778. The zero-order valence-corrected chi connectivity index (χ0v) is 7.11. The molecule has 1 saturated carbocycles. The Hall–Kier alpha value is -0.0900. The van der Waals surface area contributed by atoms with E-state index in [2.05, 4.69) is 18.5 Å². The van der Waals surface area contributed by atoms with Crippen molar-refractivity contribution in [1.82, 2.24) is 0 Å². The van der Waals surface area contributed by atoms with E-state index in [1.807, 2.05) is 0 Å². The molecule has 0 aromatic heterocycles. The standard InChI is InChI=1S/C9H14S/c1-2-9(10)8-6-4-3-5-7-8/h1,8-10H,3-7H2. The fourth-order valence-electron chi connectivity index (χ4n) is 1.59. The molecule has 1 rings (SSSR count). The number of rotatable bonds is 1. The first-order valence-electron chi connectivity index (χ1n) is 3.99. The summed E-state index contributed by atoms with van der Waals surface area (Å²) < 4.78 is 0. The molecule has 1 heteroatoms. The Bertz CT molecular complexity index is 128. The zero-order valence-electron chi connectivity index (χ0n) is 6.21. The lowest BCUT2D eigenvalue weighted by Crippen LogP contribution is -2.16. The third-order valence-corrected chi connectivity index (χ3v) is 2.84. The molecule has 0 aromatic rings. The van der Waals surface area contributed by atoms with Crippen LogP contribution in [0, 0.1) is 18.3 Å². The third kappa shape index (κ3) is 1.95. The highest BCUT2D eigenvalue weighted by Gasteiger charge is 2.18. The van der Waals surface area contributed by atoms with Crippen molar-refractivity contribution in [2.24, 2.45) is 5.92 Å². The number of hydrogen-bond acceptors (Lipinski definition) is 1. The summed E-state index contributed by atoms with van der Waals surface area (Å²) in [7, 11) is 0. The van der Waals surface area contributed by atoms with Crippen LogP contribution in [0.1, 0.15) is 32.1 Å². The van der Waals surface area contributed by atoms with Gasteiger partial charge < -0.3 is 0 Å². The molecule has 0 heterocycles. The van der Waals surface area contributed by atoms with E-state index >= 15 is 0 Å². The van der Waals surface area contributed by atoms with Crippen LogP contribution in [-0.2, 0) is 0 Å². The van der Waals surface area contributed by atoms with Gasteiger partial charge >= 0.3 is 0 Å². The monoisotopic (exact) mass is 154 g/mol. The van der Waals surface area contributed by atoms with Crippen LogP contribution < -0.4 is 0 Å². The SMILES string of the molecule is C#CC(S)C1CCCCC1. The van der Waals surface area contributed by atoms with Gasteiger partial charge in [-0.2, -0.15) is 12.6 Å². The second-order valence-electron chi connectivity index (χ2n) is 3.01. The molecule has 0 saturated heterocycles. The van der Waals surface area contributed by atoms with Crippen LogP contribution >= 0.6 is 12.6 Å². The molecule has 1 unspecified atom stereocenters. The molecule has 0 spiro atoms. The second kappa shape index (κ2) is 3.93. The van der Waals surface area contributed by atoms with Crippen LogP contribution in [0.5, 0.6) is 0 Å². The molecule has 1 fully saturated rings. The van der Waals surface area contributed by atoms with E-state index in [0.717, 1.165) is 0 Å². The molecule has 0 aromatic carbocycles. The maximum absolute atomic E-state index is 5.28. The van der Waals surface area contributed by atoms with Gasteiger partial charge in [0.15, 0.2) is 0 Å². The van der Waals surface area contributed by atoms with E-state index in [1.54, 1.807) is 0 Å². The molecule has 0 bridgehead atoms. The van der Waals surface area contributed by atoms with Crippen molar-refractivity contribution in [1.29, 1.82) is 0 Å². The Morgan fingerprint density at radius 1 is 1.30 bits per heavy atom. The lowest BCUT2D eigenvalue weighted by Gasteiger charge is -2.23. The molecule has 0 N–H and O–H groups in total. The Kier molecular flexibility index (Phi) is 3.15. The molecular weight excluding hydrogens is 140 g/mol. The molecule has 0 amide bonds. The molecule has 1 aliphatic rings. The van der Waals surface area contributed by atoms with Crippen LogP contribution in [0.15, 0.2) is 0 Å². The topological polar surface area (TPSA) is 0 Å². The summed E-state index contributed by atoms with van der Waals surface area (Å²) in [5.74, 6) is 3.40. The van der Waals surface area contributed by atoms with Gasteiger partial charge in [0.2, 0.25) is 0 Å². The Balaban J connectivity index is 2.33. The van der Waals surface area contributed by atoms with Gasteiger partial charge in [0.05, 0.1) is 5.25 Å². The number of terminal acetylenes is 1. The van der Waals surface area contributed by atoms with Crippen molar-refractivity contribution in [3.05, 3.63) is 0 Å². The van der Waals surface area contributed by atoms with Crippen LogP contribution in [0.4, 0.5) is 0 Å². The van der Waals surface area contributed by atoms with E-state index in [0.29, 0.717) is 5.92 Å². The first kappa shape index (κ1) is 8.01. The van der Waals surface area contributed by atoms with Gasteiger partial charge in [-0.15, -0.1) is 6.42 Å². The minimum atomic E-state index is 0.209. The molecule has 1 atom stereocenters. The molecule has 0 aliphatic heterocycles. The van der Waals surface area contributed by atoms with Crippen LogP contribution in [-0.4, -0.2) is 5.25 Å². The average Bonchev–Trinajstić information content (AvgIpc) is 2.05. The van der Waals surface area contributed by atoms with Crippen molar-refractivity contribution < 1.29 is 0 Å². The smallest absolute Gasteiger partial charge is 0.0652 e. The van der Waals surface area contributed by atoms with E-state index in [-0.39, 0.29) is 5.25 Å². The molecule has 0 radical (unpaired) electrons. The highest BCUT2D eigenvalue weighted by atomic mass is 32.1. The fourth-order valence-corrected chi connectivity index (χ4v) is 1.88. The largest absolute Gasteiger partial charge is 0.162 e. The summed E-state index contributed by atoms with van der Waals surface area (Å²) in [5.41, 5.74) is 0. The van der Waals surface area contributed by atoms with Crippen molar-refractivity contribution >= 4 is 12.6 Å². The summed E-state index contributed by atoms with van der Waals surface area (Å²) in [6.07, 6.45) is 11.9. The van der Waals surface area contributed by atoms with Gasteiger partial charge in [-0.3, -0.25) is 0 Å². The number of hydrogen-bond donors (Lipinski definition) is 1.